The lowest BCUT2D eigenvalue weighted by atomic mass is 9.93. The molecule has 2 unspecified atom stereocenters. The van der Waals surface area contributed by atoms with Crippen LogP contribution in [0.3, 0.4) is 0 Å². The number of benzene rings is 1. The van der Waals surface area contributed by atoms with Crippen molar-refractivity contribution in [1.82, 2.24) is 9.55 Å². The summed E-state index contributed by atoms with van der Waals surface area (Å²) in [6.45, 7) is 5.36. The van der Waals surface area contributed by atoms with Crippen molar-refractivity contribution in [3.8, 4) is 0 Å². The average Bonchev–Trinajstić information content (AvgIpc) is 3.30. The molecular weight excluding hydrogens is 392 g/mol. The largest absolute Gasteiger partial charge is 0.476 e. The van der Waals surface area contributed by atoms with Crippen molar-refractivity contribution in [2.24, 2.45) is 0 Å². The van der Waals surface area contributed by atoms with E-state index in [0.717, 1.165) is 6.20 Å². The van der Waals surface area contributed by atoms with Crippen LogP contribution in [-0.4, -0.2) is 51.6 Å². The number of carboxylic acids is 1. The van der Waals surface area contributed by atoms with Crippen LogP contribution in [0.25, 0.3) is 0 Å². The van der Waals surface area contributed by atoms with Gasteiger partial charge in [0.1, 0.15) is 6.04 Å². The summed E-state index contributed by atoms with van der Waals surface area (Å²) >= 11 is 0. The molecule has 0 aliphatic heterocycles. The maximum absolute atomic E-state index is 13.1. The first-order valence-corrected chi connectivity index (χ1v) is 9.62. The van der Waals surface area contributed by atoms with Crippen molar-refractivity contribution in [3.05, 3.63) is 52.6 Å². The van der Waals surface area contributed by atoms with Crippen LogP contribution in [0.2, 0.25) is 0 Å². The Hall–Kier alpha value is -3.49. The number of hydrogen-bond donors (Lipinski definition) is 1. The number of hydrogen-bond acceptors (Lipinski definition) is 7. The van der Waals surface area contributed by atoms with E-state index in [1.54, 1.807) is 39.0 Å². The van der Waals surface area contributed by atoms with E-state index < -0.39 is 29.9 Å². The molecule has 1 heterocycles. The molecule has 1 aliphatic rings. The normalized spacial score (nSPS) is 16.1. The van der Waals surface area contributed by atoms with Crippen molar-refractivity contribution in [3.63, 3.8) is 0 Å². The second-order valence-corrected chi connectivity index (χ2v) is 6.81. The molecule has 0 fully saturated rings. The molecule has 0 saturated carbocycles. The van der Waals surface area contributed by atoms with Gasteiger partial charge in [0.2, 0.25) is 5.82 Å². The van der Waals surface area contributed by atoms with E-state index in [2.05, 4.69) is 4.98 Å². The molecular formula is C21H22N2O7. The molecule has 1 aromatic heterocycles. The van der Waals surface area contributed by atoms with Crippen LogP contribution < -0.4 is 0 Å². The maximum Gasteiger partial charge on any atom is 0.374 e. The van der Waals surface area contributed by atoms with Crippen molar-refractivity contribution in [2.75, 3.05) is 13.2 Å². The number of aromatic nitrogens is 2. The fraction of sp³-hybridized carbons (Fsp3) is 0.381. The molecule has 1 aromatic carbocycles. The number of esters is 2. The highest BCUT2D eigenvalue weighted by Crippen LogP contribution is 2.36. The van der Waals surface area contributed by atoms with E-state index >= 15 is 0 Å². The number of rotatable bonds is 7. The van der Waals surface area contributed by atoms with Gasteiger partial charge in [0.25, 0.3) is 0 Å². The predicted octanol–water partition coefficient (Wildman–Crippen LogP) is 2.40. The molecule has 0 spiro atoms. The first-order valence-electron chi connectivity index (χ1n) is 9.62. The molecule has 0 radical (unpaired) electrons. The smallest absolute Gasteiger partial charge is 0.374 e. The lowest BCUT2D eigenvalue weighted by Gasteiger charge is -2.15. The van der Waals surface area contributed by atoms with Gasteiger partial charge < -0.3 is 19.1 Å². The molecule has 0 bridgehead atoms. The summed E-state index contributed by atoms with van der Waals surface area (Å²) in [5.41, 5.74) is 1.41. The van der Waals surface area contributed by atoms with E-state index in [1.165, 1.54) is 4.57 Å². The van der Waals surface area contributed by atoms with Gasteiger partial charge in [0.15, 0.2) is 11.5 Å². The molecule has 9 nitrogen and oxygen atoms in total. The highest BCUT2D eigenvalue weighted by Gasteiger charge is 2.38. The summed E-state index contributed by atoms with van der Waals surface area (Å²) in [4.78, 5) is 52.9. The van der Waals surface area contributed by atoms with Crippen LogP contribution in [0.15, 0.2) is 24.4 Å². The van der Waals surface area contributed by atoms with Crippen molar-refractivity contribution >= 4 is 23.7 Å². The van der Waals surface area contributed by atoms with Gasteiger partial charge in [-0.15, -0.1) is 0 Å². The fourth-order valence-electron chi connectivity index (χ4n) is 3.63. The molecule has 2 aromatic rings. The Kier molecular flexibility index (Phi) is 6.00. The summed E-state index contributed by atoms with van der Waals surface area (Å²) in [6.07, 6.45) is 1.35. The van der Waals surface area contributed by atoms with Crippen LogP contribution in [0.4, 0.5) is 0 Å². The van der Waals surface area contributed by atoms with Crippen LogP contribution >= 0.6 is 0 Å². The second-order valence-electron chi connectivity index (χ2n) is 6.81. The Balaban J connectivity index is 2.03. The lowest BCUT2D eigenvalue weighted by molar-refractivity contribution is -0.144. The number of ketones is 1. The molecule has 30 heavy (non-hydrogen) atoms. The summed E-state index contributed by atoms with van der Waals surface area (Å²) < 4.78 is 11.3. The highest BCUT2D eigenvalue weighted by atomic mass is 16.5. The zero-order chi connectivity index (χ0) is 22.0. The summed E-state index contributed by atoms with van der Waals surface area (Å²) in [5, 5.41) is 9.28. The Labute approximate surface area is 172 Å². The third-order valence-electron chi connectivity index (χ3n) is 5.03. The number of nitrogens with zero attached hydrogens (tertiary/aromatic N) is 2. The fourth-order valence-corrected chi connectivity index (χ4v) is 3.63. The Morgan fingerprint density at radius 2 is 1.93 bits per heavy atom. The standard InChI is InChI=1S/C21H22N2O7/c1-4-29-20(27)11(3)12-7-6-8-13-14(12)9-16(17(13)24)23-10-15(19(25)26)22-18(23)21(28)30-5-2/h6-8,10-11,16H,4-5,9H2,1-3H3,(H,25,26). The number of carbonyl (C=O) groups is 4. The summed E-state index contributed by atoms with van der Waals surface area (Å²) in [6, 6.07) is 4.24. The van der Waals surface area contributed by atoms with Gasteiger partial charge in [-0.2, -0.15) is 0 Å². The number of carbonyl (C=O) groups excluding carboxylic acids is 3. The van der Waals surface area contributed by atoms with Gasteiger partial charge in [-0.25, -0.2) is 14.6 Å². The molecule has 1 aliphatic carbocycles. The minimum atomic E-state index is -1.32. The van der Waals surface area contributed by atoms with Gasteiger partial charge in [-0.05, 0) is 31.9 Å². The van der Waals surface area contributed by atoms with Crippen LogP contribution in [0, 0.1) is 0 Å². The zero-order valence-electron chi connectivity index (χ0n) is 16.9. The number of Topliss-reactive ketones (excluding diaryl/α,β-unsaturated/α-hetero) is 1. The molecule has 2 atom stereocenters. The van der Waals surface area contributed by atoms with E-state index in [4.69, 9.17) is 9.47 Å². The number of aromatic carboxylic acids is 1. The van der Waals surface area contributed by atoms with Crippen LogP contribution in [0.1, 0.15) is 75.3 Å². The van der Waals surface area contributed by atoms with E-state index in [9.17, 15) is 24.3 Å². The molecule has 3 rings (SSSR count). The first kappa shape index (κ1) is 21.2. The zero-order valence-corrected chi connectivity index (χ0v) is 16.9. The predicted molar refractivity (Wildman–Crippen MR) is 104 cm³/mol. The van der Waals surface area contributed by atoms with Gasteiger partial charge in [-0.1, -0.05) is 18.2 Å². The number of ether oxygens (including phenoxy) is 2. The lowest BCUT2D eigenvalue weighted by Crippen LogP contribution is -2.21. The number of imidazole rings is 1. The van der Waals surface area contributed by atoms with Crippen LogP contribution in [-0.2, 0) is 20.7 Å². The summed E-state index contributed by atoms with van der Waals surface area (Å²) in [7, 11) is 0. The Morgan fingerprint density at radius 1 is 1.23 bits per heavy atom. The molecule has 9 heteroatoms. The van der Waals surface area contributed by atoms with Gasteiger partial charge in [0.05, 0.1) is 19.1 Å². The van der Waals surface area contributed by atoms with Gasteiger partial charge in [-0.3, -0.25) is 9.59 Å². The minimum absolute atomic E-state index is 0.0775. The average molecular weight is 414 g/mol. The second kappa shape index (κ2) is 8.48. The monoisotopic (exact) mass is 414 g/mol. The van der Waals surface area contributed by atoms with Crippen molar-refractivity contribution < 1.29 is 33.8 Å². The number of fused-ring (bicyclic) bond motifs is 1. The third-order valence-corrected chi connectivity index (χ3v) is 5.03. The van der Waals surface area contributed by atoms with Crippen LogP contribution in [0.5, 0.6) is 0 Å². The quantitative estimate of drug-likeness (QED) is 0.685. The minimum Gasteiger partial charge on any atom is -0.476 e. The molecule has 158 valence electrons. The van der Waals surface area contributed by atoms with Gasteiger partial charge >= 0.3 is 17.9 Å². The van der Waals surface area contributed by atoms with Crippen molar-refractivity contribution in [1.29, 1.82) is 0 Å². The highest BCUT2D eigenvalue weighted by molar-refractivity contribution is 6.05. The maximum atomic E-state index is 13.1. The Bertz CT molecular complexity index is 1020. The molecule has 0 saturated heterocycles. The summed E-state index contributed by atoms with van der Waals surface area (Å²) in [5.74, 6) is -3.64. The topological polar surface area (TPSA) is 125 Å². The number of carboxylic acid groups (broad SMARTS) is 1. The Morgan fingerprint density at radius 3 is 2.57 bits per heavy atom. The van der Waals surface area contributed by atoms with Gasteiger partial charge in [0, 0.05) is 18.2 Å². The molecule has 1 N–H and O–H groups in total. The first-order chi connectivity index (χ1) is 14.3. The van der Waals surface area contributed by atoms with E-state index in [1.807, 2.05) is 0 Å². The van der Waals surface area contributed by atoms with E-state index in [0.29, 0.717) is 16.7 Å². The van der Waals surface area contributed by atoms with E-state index in [-0.39, 0.29) is 36.9 Å². The van der Waals surface area contributed by atoms with Crippen molar-refractivity contribution in [2.45, 2.75) is 39.2 Å². The SMILES string of the molecule is CCOC(=O)c1nc(C(=O)O)cn1C1Cc2c(cccc2C(C)C(=O)OCC)C1=O. The molecule has 0 amide bonds. The third kappa shape index (κ3) is 3.70.